The highest BCUT2D eigenvalue weighted by Gasteiger charge is 2.14. The first kappa shape index (κ1) is 8.70. The quantitative estimate of drug-likeness (QED) is 0.234. The fraction of sp³-hybridized carbons (Fsp3) is 0. The molecule has 0 unspecified atom stereocenters. The lowest BCUT2D eigenvalue weighted by Crippen LogP contribution is -2.29. The molecule has 0 heterocycles. The molecule has 0 saturated carbocycles. The Kier molecular flexibility index (Phi) is 2.79. The molecule has 0 saturated heterocycles. The third-order valence-electron chi connectivity index (χ3n) is 1.38. The van der Waals surface area contributed by atoms with Gasteiger partial charge in [0.2, 0.25) is 0 Å². The zero-order valence-electron chi connectivity index (χ0n) is 6.25. The highest BCUT2D eigenvalue weighted by molar-refractivity contribution is 6.60. The first-order valence-electron chi connectivity index (χ1n) is 3.31. The van der Waals surface area contributed by atoms with Crippen molar-refractivity contribution in [2.75, 3.05) is 0 Å². The zero-order chi connectivity index (χ0) is 8.97. The second-order valence-electron chi connectivity index (χ2n) is 2.15. The number of benzene rings is 1. The molecule has 6 heteroatoms. The lowest BCUT2D eigenvalue weighted by molar-refractivity contribution is 0.426. The summed E-state index contributed by atoms with van der Waals surface area (Å²) >= 11 is 0. The lowest BCUT2D eigenvalue weighted by atomic mass is 9.79. The van der Waals surface area contributed by atoms with Gasteiger partial charge in [-0.25, -0.2) is 0 Å². The van der Waals surface area contributed by atoms with Crippen LogP contribution in [0.4, 0.5) is 5.69 Å². The van der Waals surface area contributed by atoms with Gasteiger partial charge in [-0.1, -0.05) is 23.4 Å². The van der Waals surface area contributed by atoms with Gasteiger partial charge < -0.3 is 15.9 Å². The normalized spacial score (nSPS) is 10.5. The molecule has 5 nitrogen and oxygen atoms in total. The third-order valence-corrected chi connectivity index (χ3v) is 1.38. The average molecular weight is 165 g/mol. The van der Waals surface area contributed by atoms with Crippen molar-refractivity contribution in [2.45, 2.75) is 0 Å². The first-order chi connectivity index (χ1) is 5.75. The monoisotopic (exact) mass is 165 g/mol. The van der Waals surface area contributed by atoms with Crippen LogP contribution in [0.5, 0.6) is 0 Å². The second kappa shape index (κ2) is 3.84. The third kappa shape index (κ3) is 1.80. The summed E-state index contributed by atoms with van der Waals surface area (Å²) in [6, 6.07) is 6.50. The Balaban J connectivity index is 3.08. The topological polar surface area (TPSA) is 91.2 Å². The smallest absolute Gasteiger partial charge is 0.423 e. The van der Waals surface area contributed by atoms with E-state index in [0.717, 1.165) is 0 Å². The molecular weight excluding hydrogens is 157 g/mol. The minimum absolute atomic E-state index is 0.284. The van der Waals surface area contributed by atoms with Crippen LogP contribution >= 0.6 is 0 Å². The maximum Gasteiger partial charge on any atom is 0.490 e. The molecule has 1 aromatic carbocycles. The Morgan fingerprint density at radius 1 is 1.25 bits per heavy atom. The highest BCUT2D eigenvalue weighted by atomic mass is 16.4. The van der Waals surface area contributed by atoms with E-state index in [1.807, 2.05) is 0 Å². The van der Waals surface area contributed by atoms with Gasteiger partial charge in [0.05, 0.1) is 5.69 Å². The van der Waals surface area contributed by atoms with Gasteiger partial charge in [-0.2, -0.15) is 0 Å². The minimum Gasteiger partial charge on any atom is -0.423 e. The second-order valence-corrected chi connectivity index (χ2v) is 2.15. The average Bonchev–Trinajstić information content (AvgIpc) is 2.05. The van der Waals surface area contributed by atoms with E-state index < -0.39 is 7.12 Å². The molecule has 0 fully saturated rings. The summed E-state index contributed by atoms with van der Waals surface area (Å²) in [5, 5.41) is 24.3. The van der Waals surface area contributed by atoms with E-state index in [1.54, 1.807) is 18.2 Å². The van der Waals surface area contributed by atoms with Gasteiger partial charge in [-0.3, -0.25) is 0 Å². The van der Waals surface area contributed by atoms with E-state index in [1.165, 1.54) is 6.07 Å². The van der Waals surface area contributed by atoms with Crippen molar-refractivity contribution in [1.29, 1.82) is 0 Å². The van der Waals surface area contributed by atoms with Crippen molar-refractivity contribution in [2.24, 2.45) is 16.2 Å². The van der Waals surface area contributed by atoms with Crippen LogP contribution in [0.2, 0.25) is 0 Å². The molecule has 0 atom stereocenters. The summed E-state index contributed by atoms with van der Waals surface area (Å²) in [5.74, 6) is 4.82. The van der Waals surface area contributed by atoms with Gasteiger partial charge in [0.25, 0.3) is 0 Å². The van der Waals surface area contributed by atoms with Gasteiger partial charge in [-0.15, -0.1) is 5.11 Å². The summed E-state index contributed by atoms with van der Waals surface area (Å²) in [5.41, 5.74) is 0.640. The zero-order valence-corrected chi connectivity index (χ0v) is 6.25. The number of hydrogen-bond donors (Lipinski definition) is 3. The van der Waals surface area contributed by atoms with Crippen LogP contribution < -0.4 is 11.3 Å². The van der Waals surface area contributed by atoms with Gasteiger partial charge in [-0.05, 0) is 6.07 Å². The van der Waals surface area contributed by atoms with Crippen LogP contribution in [0.25, 0.3) is 0 Å². The number of hydrogen-bond acceptors (Lipinski definition) is 4. The molecule has 62 valence electrons. The van der Waals surface area contributed by atoms with E-state index in [9.17, 15) is 0 Å². The summed E-state index contributed by atoms with van der Waals surface area (Å²) < 4.78 is 0. The Morgan fingerprint density at radius 2 is 1.92 bits per heavy atom. The van der Waals surface area contributed by atoms with E-state index >= 15 is 0 Å². The van der Waals surface area contributed by atoms with E-state index in [0.29, 0.717) is 5.69 Å². The maximum absolute atomic E-state index is 8.84. The molecule has 0 spiro atoms. The van der Waals surface area contributed by atoms with Gasteiger partial charge in [0.1, 0.15) is 0 Å². The predicted octanol–water partition coefficient (Wildman–Crippen LogP) is -0.676. The van der Waals surface area contributed by atoms with Crippen LogP contribution in [-0.2, 0) is 0 Å². The van der Waals surface area contributed by atoms with Crippen molar-refractivity contribution in [3.63, 3.8) is 0 Å². The molecule has 0 radical (unpaired) electrons. The predicted molar refractivity (Wildman–Crippen MR) is 45.0 cm³/mol. The van der Waals surface area contributed by atoms with Gasteiger partial charge in [0.15, 0.2) is 0 Å². The van der Waals surface area contributed by atoms with Crippen LogP contribution in [-0.4, -0.2) is 17.2 Å². The number of nitrogens with zero attached hydrogens (tertiary/aromatic N) is 2. The Bertz CT molecular complexity index is 290. The minimum atomic E-state index is -1.55. The molecule has 0 aliphatic rings. The summed E-state index contributed by atoms with van der Waals surface area (Å²) in [7, 11) is -1.55. The fourth-order valence-corrected chi connectivity index (χ4v) is 0.859. The SMILES string of the molecule is NN=Nc1ccccc1B(O)O. The molecule has 1 aromatic rings. The molecule has 0 aliphatic heterocycles. The molecule has 0 bridgehead atoms. The summed E-state index contributed by atoms with van der Waals surface area (Å²) in [4.78, 5) is 0. The van der Waals surface area contributed by atoms with Crippen molar-refractivity contribution in [3.8, 4) is 0 Å². The molecule has 0 aliphatic carbocycles. The molecule has 0 amide bonds. The van der Waals surface area contributed by atoms with Crippen molar-refractivity contribution in [3.05, 3.63) is 24.3 Å². The first-order valence-corrected chi connectivity index (χ1v) is 3.31. The van der Waals surface area contributed by atoms with Crippen molar-refractivity contribution >= 4 is 18.3 Å². The molecule has 4 N–H and O–H groups in total. The van der Waals surface area contributed by atoms with E-state index in [2.05, 4.69) is 10.3 Å². The largest absolute Gasteiger partial charge is 0.490 e. The molecule has 1 rings (SSSR count). The molecule has 12 heavy (non-hydrogen) atoms. The standard InChI is InChI=1S/C6H8BN3O2/c8-10-9-6-4-2-1-3-5(6)7(11)12/h1-4,11-12H,(H2,8,9). The fourth-order valence-electron chi connectivity index (χ4n) is 0.859. The van der Waals surface area contributed by atoms with Gasteiger partial charge >= 0.3 is 7.12 Å². The Labute approximate surface area is 69.7 Å². The Hall–Kier alpha value is -1.40. The van der Waals surface area contributed by atoms with Crippen molar-refractivity contribution in [1.82, 2.24) is 0 Å². The molecular formula is C6H8BN3O2. The number of nitrogens with two attached hydrogens (primary N) is 1. The van der Waals surface area contributed by atoms with E-state index in [-0.39, 0.29) is 5.46 Å². The van der Waals surface area contributed by atoms with Crippen LogP contribution in [0, 0.1) is 0 Å². The van der Waals surface area contributed by atoms with Crippen LogP contribution in [0.3, 0.4) is 0 Å². The summed E-state index contributed by atoms with van der Waals surface area (Å²) in [6.07, 6.45) is 0. The lowest BCUT2D eigenvalue weighted by Gasteiger charge is -2.00. The van der Waals surface area contributed by atoms with Crippen LogP contribution in [0.15, 0.2) is 34.6 Å². The molecule has 0 aromatic heterocycles. The summed E-state index contributed by atoms with van der Waals surface area (Å²) in [6.45, 7) is 0. The van der Waals surface area contributed by atoms with Gasteiger partial charge in [0, 0.05) is 5.46 Å². The van der Waals surface area contributed by atoms with E-state index in [4.69, 9.17) is 15.9 Å². The number of rotatable bonds is 2. The maximum atomic E-state index is 8.84. The van der Waals surface area contributed by atoms with Crippen LogP contribution in [0.1, 0.15) is 0 Å². The highest BCUT2D eigenvalue weighted by Crippen LogP contribution is 2.07. The van der Waals surface area contributed by atoms with Crippen molar-refractivity contribution < 1.29 is 10.0 Å². The Morgan fingerprint density at radius 3 is 2.50 bits per heavy atom.